The lowest BCUT2D eigenvalue weighted by molar-refractivity contribution is -0.120. The zero-order valence-electron chi connectivity index (χ0n) is 12.0. The molecule has 1 aromatic heterocycles. The van der Waals surface area contributed by atoms with E-state index >= 15 is 0 Å². The monoisotopic (exact) mass is 298 g/mol. The Morgan fingerprint density at radius 3 is 3.05 bits per heavy atom. The Bertz CT molecular complexity index is 422. The highest BCUT2D eigenvalue weighted by molar-refractivity contribution is 8.00. The number of nitrogens with zero attached hydrogens (tertiary/aromatic N) is 4. The average Bonchev–Trinajstić information content (AvgIpc) is 2.88. The van der Waals surface area contributed by atoms with Gasteiger partial charge in [0.25, 0.3) is 0 Å². The summed E-state index contributed by atoms with van der Waals surface area (Å²) in [6.45, 7) is 10.5. The Kier molecular flexibility index (Phi) is 7.89. The molecule has 8 heteroatoms. The third-order valence-electron chi connectivity index (χ3n) is 2.50. The molecule has 0 bridgehead atoms. The molecule has 0 fully saturated rings. The molecular formula is C12H22N6OS. The Morgan fingerprint density at radius 2 is 2.35 bits per heavy atom. The minimum atomic E-state index is -0.247. The van der Waals surface area contributed by atoms with Crippen LogP contribution in [0.15, 0.2) is 17.8 Å². The van der Waals surface area contributed by atoms with Crippen LogP contribution in [0.1, 0.15) is 20.3 Å². The van der Waals surface area contributed by atoms with E-state index in [1.165, 1.54) is 11.8 Å². The lowest BCUT2D eigenvalue weighted by atomic mass is 10.4. The second-order valence-electron chi connectivity index (χ2n) is 4.23. The maximum atomic E-state index is 11.8. The molecule has 0 radical (unpaired) electrons. The van der Waals surface area contributed by atoms with Crippen LogP contribution in [-0.2, 0) is 11.3 Å². The Labute approximate surface area is 123 Å². The van der Waals surface area contributed by atoms with Gasteiger partial charge in [-0.1, -0.05) is 24.8 Å². The van der Waals surface area contributed by atoms with Crippen molar-refractivity contribution in [2.75, 3.05) is 19.6 Å². The van der Waals surface area contributed by atoms with Gasteiger partial charge in [-0.05, 0) is 30.3 Å². The smallest absolute Gasteiger partial charge is 0.233 e. The molecular weight excluding hydrogens is 276 g/mol. The van der Waals surface area contributed by atoms with E-state index in [0.29, 0.717) is 18.2 Å². The Morgan fingerprint density at radius 1 is 1.55 bits per heavy atom. The van der Waals surface area contributed by atoms with E-state index in [-0.39, 0.29) is 11.2 Å². The zero-order valence-corrected chi connectivity index (χ0v) is 12.8. The number of aromatic nitrogens is 4. The molecule has 0 saturated heterocycles. The first-order chi connectivity index (χ1) is 9.69. The van der Waals surface area contributed by atoms with Gasteiger partial charge in [-0.15, -0.1) is 11.7 Å². The molecule has 0 aromatic carbocycles. The van der Waals surface area contributed by atoms with E-state index < -0.39 is 0 Å². The molecule has 7 nitrogen and oxygen atoms in total. The number of nitrogens with one attached hydrogen (secondary N) is 2. The standard InChI is InChI=1S/C12H22N6OS/c1-4-6-13-8-9-18-12(15-16-17-18)20-10(3)11(19)14-7-5-2/h5,10,13H,2,4,6-9H2,1,3H3,(H,14,19). The van der Waals surface area contributed by atoms with Crippen LogP contribution in [0.5, 0.6) is 0 Å². The predicted octanol–water partition coefficient (Wildman–Crippen LogP) is 0.455. The molecule has 0 aliphatic carbocycles. The summed E-state index contributed by atoms with van der Waals surface area (Å²) in [6, 6.07) is 0. The Balaban J connectivity index is 2.44. The van der Waals surface area contributed by atoms with Gasteiger partial charge in [0.05, 0.1) is 11.8 Å². The number of hydrogen-bond donors (Lipinski definition) is 2. The number of carbonyl (C=O) groups is 1. The molecule has 1 aromatic rings. The number of thioether (sulfide) groups is 1. The summed E-state index contributed by atoms with van der Waals surface area (Å²) < 4.78 is 1.71. The van der Waals surface area contributed by atoms with E-state index in [9.17, 15) is 4.79 Å². The van der Waals surface area contributed by atoms with Crippen molar-refractivity contribution in [1.29, 1.82) is 0 Å². The van der Waals surface area contributed by atoms with E-state index in [1.807, 2.05) is 6.92 Å². The van der Waals surface area contributed by atoms with Crippen molar-refractivity contribution >= 4 is 17.7 Å². The van der Waals surface area contributed by atoms with Gasteiger partial charge < -0.3 is 10.6 Å². The highest BCUT2D eigenvalue weighted by atomic mass is 32.2. The first-order valence-electron chi connectivity index (χ1n) is 6.71. The van der Waals surface area contributed by atoms with E-state index in [0.717, 1.165) is 19.5 Å². The summed E-state index contributed by atoms with van der Waals surface area (Å²) in [4.78, 5) is 11.8. The summed E-state index contributed by atoms with van der Waals surface area (Å²) >= 11 is 1.35. The quantitative estimate of drug-likeness (QED) is 0.371. The largest absolute Gasteiger partial charge is 0.352 e. The lowest BCUT2D eigenvalue weighted by Gasteiger charge is -2.10. The van der Waals surface area contributed by atoms with Crippen LogP contribution >= 0.6 is 11.8 Å². The molecule has 0 aliphatic heterocycles. The fourth-order valence-corrected chi connectivity index (χ4v) is 2.28. The van der Waals surface area contributed by atoms with Crippen molar-refractivity contribution in [1.82, 2.24) is 30.8 Å². The van der Waals surface area contributed by atoms with Gasteiger partial charge in [-0.2, -0.15) is 0 Å². The molecule has 1 unspecified atom stereocenters. The van der Waals surface area contributed by atoms with E-state index in [4.69, 9.17) is 0 Å². The normalized spacial score (nSPS) is 12.1. The van der Waals surface area contributed by atoms with E-state index in [2.05, 4.69) is 39.7 Å². The highest BCUT2D eigenvalue weighted by Gasteiger charge is 2.17. The van der Waals surface area contributed by atoms with Crippen LogP contribution in [0.25, 0.3) is 0 Å². The Hall–Kier alpha value is -1.41. The summed E-state index contributed by atoms with van der Waals surface area (Å²) in [6.07, 6.45) is 2.75. The van der Waals surface area contributed by atoms with Gasteiger partial charge in [-0.3, -0.25) is 4.79 Å². The van der Waals surface area contributed by atoms with Gasteiger partial charge in [0.2, 0.25) is 11.1 Å². The van der Waals surface area contributed by atoms with Crippen molar-refractivity contribution in [2.45, 2.75) is 37.2 Å². The van der Waals surface area contributed by atoms with Gasteiger partial charge in [0.15, 0.2) is 0 Å². The van der Waals surface area contributed by atoms with Crippen molar-refractivity contribution in [3.8, 4) is 0 Å². The maximum absolute atomic E-state index is 11.8. The molecule has 1 heterocycles. The fourth-order valence-electron chi connectivity index (χ4n) is 1.44. The number of carbonyl (C=O) groups excluding carboxylic acids is 1. The van der Waals surface area contributed by atoms with E-state index in [1.54, 1.807) is 10.8 Å². The van der Waals surface area contributed by atoms with Crippen LogP contribution in [0.2, 0.25) is 0 Å². The highest BCUT2D eigenvalue weighted by Crippen LogP contribution is 2.19. The van der Waals surface area contributed by atoms with Crippen LogP contribution in [0.3, 0.4) is 0 Å². The second-order valence-corrected chi connectivity index (χ2v) is 5.54. The van der Waals surface area contributed by atoms with Crippen molar-refractivity contribution in [3.63, 3.8) is 0 Å². The third-order valence-corrected chi connectivity index (χ3v) is 3.57. The van der Waals surface area contributed by atoms with Crippen LogP contribution in [0, 0.1) is 0 Å². The number of tetrazole rings is 1. The summed E-state index contributed by atoms with van der Waals surface area (Å²) in [7, 11) is 0. The second kappa shape index (κ2) is 9.49. The van der Waals surface area contributed by atoms with Crippen LogP contribution in [-0.4, -0.2) is 51.0 Å². The van der Waals surface area contributed by atoms with Crippen molar-refractivity contribution in [3.05, 3.63) is 12.7 Å². The SMILES string of the molecule is C=CCNC(=O)C(C)Sc1nnnn1CCNCCC. The van der Waals surface area contributed by atoms with Crippen molar-refractivity contribution < 1.29 is 4.79 Å². The van der Waals surface area contributed by atoms with Gasteiger partial charge in [0.1, 0.15) is 0 Å². The molecule has 112 valence electrons. The summed E-state index contributed by atoms with van der Waals surface area (Å²) in [5, 5.41) is 18.0. The minimum absolute atomic E-state index is 0.0476. The predicted molar refractivity (Wildman–Crippen MR) is 79.5 cm³/mol. The number of amides is 1. The average molecular weight is 298 g/mol. The van der Waals surface area contributed by atoms with Crippen molar-refractivity contribution in [2.24, 2.45) is 0 Å². The maximum Gasteiger partial charge on any atom is 0.233 e. The van der Waals surface area contributed by atoms with Gasteiger partial charge in [-0.25, -0.2) is 4.68 Å². The summed E-state index contributed by atoms with van der Waals surface area (Å²) in [5.74, 6) is -0.0476. The third kappa shape index (κ3) is 5.70. The van der Waals surface area contributed by atoms with Crippen LogP contribution < -0.4 is 10.6 Å². The topological polar surface area (TPSA) is 84.7 Å². The molecule has 1 atom stereocenters. The fraction of sp³-hybridized carbons (Fsp3) is 0.667. The number of hydrogen-bond acceptors (Lipinski definition) is 6. The van der Waals surface area contributed by atoms with Gasteiger partial charge in [0, 0.05) is 13.1 Å². The molecule has 1 rings (SSSR count). The minimum Gasteiger partial charge on any atom is -0.352 e. The first-order valence-corrected chi connectivity index (χ1v) is 7.59. The first kappa shape index (κ1) is 16.6. The molecule has 0 spiro atoms. The lowest BCUT2D eigenvalue weighted by Crippen LogP contribution is -2.31. The zero-order chi connectivity index (χ0) is 14.8. The molecule has 2 N–H and O–H groups in total. The molecule has 20 heavy (non-hydrogen) atoms. The summed E-state index contributed by atoms with van der Waals surface area (Å²) in [5.41, 5.74) is 0. The molecule has 1 amide bonds. The van der Waals surface area contributed by atoms with Crippen LogP contribution in [0.4, 0.5) is 0 Å². The molecule has 0 aliphatic rings. The molecule has 0 saturated carbocycles. The number of rotatable bonds is 10. The van der Waals surface area contributed by atoms with Gasteiger partial charge >= 0.3 is 0 Å².